The molecule has 1 aliphatic rings. The molecule has 1 aromatic carbocycles. The Morgan fingerprint density at radius 2 is 2.13 bits per heavy atom. The second-order valence-corrected chi connectivity index (χ2v) is 5.44. The van der Waals surface area contributed by atoms with Crippen LogP contribution in [0.15, 0.2) is 18.2 Å². The Bertz CT molecular complexity index is 754. The van der Waals surface area contributed by atoms with Gasteiger partial charge >= 0.3 is 6.18 Å². The van der Waals surface area contributed by atoms with E-state index in [-0.39, 0.29) is 24.4 Å². The summed E-state index contributed by atoms with van der Waals surface area (Å²) in [5, 5.41) is 0.536. The summed E-state index contributed by atoms with van der Waals surface area (Å²) in [4.78, 5) is 16.3. The molecule has 2 heterocycles. The van der Waals surface area contributed by atoms with E-state index in [4.69, 9.17) is 0 Å². The molecule has 0 radical (unpaired) electrons. The topological polar surface area (TPSA) is 45.3 Å². The Balaban J connectivity index is 1.91. The molecule has 0 aliphatic carbocycles. The van der Waals surface area contributed by atoms with Gasteiger partial charge in [0.05, 0.1) is 18.7 Å². The third-order valence-electron chi connectivity index (χ3n) is 3.98. The van der Waals surface area contributed by atoms with Crippen molar-refractivity contribution in [2.75, 3.05) is 19.7 Å². The van der Waals surface area contributed by atoms with Crippen molar-refractivity contribution in [3.63, 3.8) is 0 Å². The van der Waals surface area contributed by atoms with Crippen LogP contribution in [0.1, 0.15) is 16.1 Å². The third-order valence-corrected chi connectivity index (χ3v) is 3.98. The molecule has 8 heteroatoms. The van der Waals surface area contributed by atoms with Crippen molar-refractivity contribution in [1.29, 1.82) is 0 Å². The van der Waals surface area contributed by atoms with Crippen LogP contribution in [0.4, 0.5) is 17.6 Å². The van der Waals surface area contributed by atoms with Crippen LogP contribution in [-0.2, 0) is 4.74 Å². The maximum absolute atomic E-state index is 13.8. The Hall–Kier alpha value is -2.09. The van der Waals surface area contributed by atoms with Gasteiger partial charge in [0.2, 0.25) is 0 Å². The maximum Gasteiger partial charge on any atom is 0.416 e. The zero-order valence-electron chi connectivity index (χ0n) is 12.2. The number of para-hydroxylation sites is 1. The monoisotopic (exact) mass is 330 g/mol. The predicted molar refractivity (Wildman–Crippen MR) is 74.7 cm³/mol. The summed E-state index contributed by atoms with van der Waals surface area (Å²) in [6.45, 7) is 0.930. The van der Waals surface area contributed by atoms with E-state index in [0.717, 1.165) is 4.90 Å². The van der Waals surface area contributed by atoms with Crippen molar-refractivity contribution in [1.82, 2.24) is 9.88 Å². The number of aromatic nitrogens is 1. The normalized spacial score (nSPS) is 19.3. The van der Waals surface area contributed by atoms with Gasteiger partial charge in [0.15, 0.2) is 6.10 Å². The van der Waals surface area contributed by atoms with Crippen LogP contribution in [0.2, 0.25) is 0 Å². The van der Waals surface area contributed by atoms with Gasteiger partial charge in [0, 0.05) is 11.9 Å². The highest BCUT2D eigenvalue weighted by Crippen LogP contribution is 2.28. The predicted octanol–water partition coefficient (Wildman–Crippen LogP) is 3.02. The Kier molecular flexibility index (Phi) is 3.79. The van der Waals surface area contributed by atoms with Gasteiger partial charge in [-0.25, -0.2) is 4.39 Å². The molecule has 3 rings (SSSR count). The number of hydrogen-bond acceptors (Lipinski definition) is 2. The molecule has 1 aromatic heterocycles. The zero-order valence-corrected chi connectivity index (χ0v) is 12.2. The van der Waals surface area contributed by atoms with Crippen molar-refractivity contribution >= 4 is 16.8 Å². The number of nitrogens with one attached hydrogen (secondary N) is 1. The molecule has 4 nitrogen and oxygen atoms in total. The number of carbonyl (C=O) groups is 1. The largest absolute Gasteiger partial charge is 0.416 e. The fourth-order valence-corrected chi connectivity index (χ4v) is 2.72. The lowest BCUT2D eigenvalue weighted by Crippen LogP contribution is -2.51. The highest BCUT2D eigenvalue weighted by atomic mass is 19.4. The molecular weight excluding hydrogens is 316 g/mol. The van der Waals surface area contributed by atoms with E-state index in [1.54, 1.807) is 13.0 Å². The number of halogens is 4. The second-order valence-electron chi connectivity index (χ2n) is 5.44. The minimum atomic E-state index is -4.53. The lowest BCUT2D eigenvalue weighted by molar-refractivity contribution is -0.233. The molecule has 1 saturated heterocycles. The van der Waals surface area contributed by atoms with E-state index in [2.05, 4.69) is 9.72 Å². The van der Waals surface area contributed by atoms with Crippen LogP contribution < -0.4 is 0 Å². The van der Waals surface area contributed by atoms with E-state index in [0.29, 0.717) is 10.9 Å². The summed E-state index contributed by atoms with van der Waals surface area (Å²) in [7, 11) is 0. The fourth-order valence-electron chi connectivity index (χ4n) is 2.72. The summed E-state index contributed by atoms with van der Waals surface area (Å²) < 4.78 is 56.7. The SMILES string of the molecule is Cc1c(C(=O)N2CCOC(C(F)(F)F)C2)[nH]c2c(F)cccc12. The van der Waals surface area contributed by atoms with E-state index in [1.807, 2.05) is 0 Å². The van der Waals surface area contributed by atoms with Gasteiger partial charge < -0.3 is 14.6 Å². The fraction of sp³-hybridized carbons (Fsp3) is 0.400. The molecule has 0 bridgehead atoms. The van der Waals surface area contributed by atoms with Gasteiger partial charge in [-0.15, -0.1) is 0 Å². The maximum atomic E-state index is 13.8. The third kappa shape index (κ3) is 2.78. The molecule has 1 aliphatic heterocycles. The number of rotatable bonds is 1. The summed E-state index contributed by atoms with van der Waals surface area (Å²) in [6.07, 6.45) is -6.53. The number of amides is 1. The van der Waals surface area contributed by atoms with Gasteiger partial charge in [0.1, 0.15) is 11.5 Å². The highest BCUT2D eigenvalue weighted by molar-refractivity contribution is 6.01. The van der Waals surface area contributed by atoms with Crippen molar-refractivity contribution in [2.24, 2.45) is 0 Å². The molecule has 0 spiro atoms. The average Bonchev–Trinajstić information content (AvgIpc) is 2.85. The number of H-pyrrole nitrogens is 1. The van der Waals surface area contributed by atoms with Gasteiger partial charge in [-0.05, 0) is 18.6 Å². The molecule has 1 fully saturated rings. The second kappa shape index (κ2) is 5.52. The van der Waals surface area contributed by atoms with Crippen LogP contribution in [0.25, 0.3) is 10.9 Å². The van der Waals surface area contributed by atoms with Gasteiger partial charge in [0.25, 0.3) is 5.91 Å². The average molecular weight is 330 g/mol. The highest BCUT2D eigenvalue weighted by Gasteiger charge is 2.44. The molecule has 1 amide bonds. The van der Waals surface area contributed by atoms with Crippen molar-refractivity contribution in [2.45, 2.75) is 19.2 Å². The first-order chi connectivity index (χ1) is 10.8. The molecule has 1 N–H and O–H groups in total. The van der Waals surface area contributed by atoms with Gasteiger partial charge in [-0.1, -0.05) is 12.1 Å². The molecule has 124 valence electrons. The number of carbonyl (C=O) groups excluding carboxylic acids is 1. The Morgan fingerprint density at radius 3 is 2.78 bits per heavy atom. The molecule has 0 saturated carbocycles. The number of nitrogens with zero attached hydrogens (tertiary/aromatic N) is 1. The first-order valence-corrected chi connectivity index (χ1v) is 7.03. The van der Waals surface area contributed by atoms with Crippen LogP contribution >= 0.6 is 0 Å². The zero-order chi connectivity index (χ0) is 16.8. The van der Waals surface area contributed by atoms with Crippen molar-refractivity contribution in [3.05, 3.63) is 35.3 Å². The van der Waals surface area contributed by atoms with Gasteiger partial charge in [-0.3, -0.25) is 4.79 Å². The minimum absolute atomic E-state index is 0.0582. The first kappa shape index (κ1) is 15.8. The van der Waals surface area contributed by atoms with E-state index in [1.165, 1.54) is 12.1 Å². The van der Waals surface area contributed by atoms with E-state index < -0.39 is 30.5 Å². The van der Waals surface area contributed by atoms with E-state index >= 15 is 0 Å². The lowest BCUT2D eigenvalue weighted by Gasteiger charge is -2.33. The minimum Gasteiger partial charge on any atom is -0.365 e. The van der Waals surface area contributed by atoms with E-state index in [9.17, 15) is 22.4 Å². The molecular formula is C15H14F4N2O2. The molecule has 1 unspecified atom stereocenters. The standard InChI is InChI=1S/C15H14F4N2O2/c1-8-9-3-2-4-10(16)13(9)20-12(8)14(22)21-5-6-23-11(7-21)15(17,18)19/h2-4,11,20H,5-7H2,1H3. The molecule has 23 heavy (non-hydrogen) atoms. The number of ether oxygens (including phenoxy) is 1. The summed E-state index contributed by atoms with van der Waals surface area (Å²) >= 11 is 0. The van der Waals surface area contributed by atoms with Crippen molar-refractivity contribution < 1.29 is 27.1 Å². The van der Waals surface area contributed by atoms with Crippen LogP contribution in [0, 0.1) is 12.7 Å². The lowest BCUT2D eigenvalue weighted by atomic mass is 10.1. The van der Waals surface area contributed by atoms with Crippen LogP contribution in [0.5, 0.6) is 0 Å². The number of alkyl halides is 3. The van der Waals surface area contributed by atoms with Crippen LogP contribution in [0.3, 0.4) is 0 Å². The molecule has 2 aromatic rings. The number of aryl methyl sites for hydroxylation is 1. The number of morpholine rings is 1. The molecule has 1 atom stereocenters. The Morgan fingerprint density at radius 1 is 1.39 bits per heavy atom. The summed E-state index contributed by atoms with van der Waals surface area (Å²) in [5.41, 5.74) is 0.793. The Labute approximate surface area is 129 Å². The number of hydrogen-bond donors (Lipinski definition) is 1. The number of aromatic amines is 1. The summed E-state index contributed by atoms with van der Waals surface area (Å²) in [6, 6.07) is 4.42. The smallest absolute Gasteiger partial charge is 0.365 e. The quantitative estimate of drug-likeness (QED) is 0.817. The van der Waals surface area contributed by atoms with Crippen molar-refractivity contribution in [3.8, 4) is 0 Å². The summed E-state index contributed by atoms with van der Waals surface area (Å²) in [5.74, 6) is -1.10. The number of fused-ring (bicyclic) bond motifs is 1. The van der Waals surface area contributed by atoms with Gasteiger partial charge in [-0.2, -0.15) is 13.2 Å². The number of benzene rings is 1. The van der Waals surface area contributed by atoms with Crippen LogP contribution in [-0.4, -0.2) is 47.8 Å². The first-order valence-electron chi connectivity index (χ1n) is 7.03.